The molecule has 0 aliphatic carbocycles. The van der Waals surface area contributed by atoms with Crippen LogP contribution in [0.5, 0.6) is 0 Å². The number of phosphoric ester groups is 1. The molecule has 0 spiro atoms. The van der Waals surface area contributed by atoms with Crippen molar-refractivity contribution in [1.82, 2.24) is 5.32 Å². The third-order valence-corrected chi connectivity index (χ3v) is 16.1. The zero-order chi connectivity index (χ0) is 61.2. The Morgan fingerprint density at radius 1 is 0.417 bits per heavy atom. The summed E-state index contributed by atoms with van der Waals surface area (Å²) in [6.07, 6.45) is 96.4. The van der Waals surface area contributed by atoms with Crippen molar-refractivity contribution in [2.24, 2.45) is 0 Å². The molecule has 9 heteroatoms. The molecule has 3 unspecified atom stereocenters. The van der Waals surface area contributed by atoms with Crippen molar-refractivity contribution in [3.63, 3.8) is 0 Å². The molecule has 0 aromatic rings. The van der Waals surface area contributed by atoms with Crippen molar-refractivity contribution >= 4 is 13.7 Å². The lowest BCUT2D eigenvalue weighted by Gasteiger charge is -2.25. The van der Waals surface area contributed by atoms with Crippen molar-refractivity contribution < 1.29 is 32.9 Å². The van der Waals surface area contributed by atoms with Crippen LogP contribution in [0.3, 0.4) is 0 Å². The van der Waals surface area contributed by atoms with E-state index in [0.29, 0.717) is 17.4 Å². The lowest BCUT2D eigenvalue weighted by Crippen LogP contribution is -2.45. The van der Waals surface area contributed by atoms with Gasteiger partial charge >= 0.3 is 7.82 Å². The number of phosphoric acid groups is 1. The number of aliphatic hydroxyl groups is 1. The lowest BCUT2D eigenvalue weighted by atomic mass is 10.0. The number of carbonyl (C=O) groups excluding carboxylic acids is 1. The summed E-state index contributed by atoms with van der Waals surface area (Å²) >= 11 is 0. The van der Waals surface area contributed by atoms with E-state index in [1.54, 1.807) is 6.08 Å². The molecular formula is C75H134N2O6P+. The SMILES string of the molecule is CC/C=C\C/C=C\C/C=C\C/C=C\C/C=C\C/C=C\C/C=C\CCCCCCCCCCCCCCCCCCCCCC(=O)NC(COP(=O)(O)OCC[N+](C)(C)C)C(O)/C=C/CC/C=C/CC/C=C/CCCCCCCCCCCCC. The van der Waals surface area contributed by atoms with Gasteiger partial charge in [0.2, 0.25) is 5.91 Å². The standard InChI is InChI=1S/C75H133N2O6P/c1-6-8-10-12-14-16-18-20-22-24-26-28-29-30-31-32-33-34-35-36-37-38-39-40-41-42-43-44-45-46-47-49-51-53-55-57-59-61-63-65-67-69-75(79)76-73(72-83-84(80,81)82-71-70-77(3,4)5)74(78)68-66-64-62-60-58-56-54-52-50-48-27-25-23-21-19-17-15-13-11-9-7-2/h8,10,14,16,20,22,26,28,30-31,33-34,36-37,50,52,58,60,66,68,73-74,78H,6-7,9,11-13,15,17-19,21,23-25,27,29,32,35,38-49,51,53-57,59,61-65,67,69-72H2,1-5H3,(H-,76,79,80,81)/p+1/b10-8-,16-14-,22-20-,28-26-,31-30-,34-33-,37-36-,52-50+,60-58+,68-66+. The fraction of sp³-hybridized carbons (Fsp3) is 0.720. The van der Waals surface area contributed by atoms with Crippen molar-refractivity contribution in [1.29, 1.82) is 0 Å². The predicted octanol–water partition coefficient (Wildman–Crippen LogP) is 22.4. The van der Waals surface area contributed by atoms with Crippen molar-refractivity contribution in [3.05, 3.63) is 122 Å². The molecule has 0 rings (SSSR count). The number of unbranched alkanes of at least 4 members (excludes halogenated alkanes) is 32. The number of carbonyl (C=O) groups is 1. The molecule has 0 saturated carbocycles. The third-order valence-electron chi connectivity index (χ3n) is 15.1. The van der Waals surface area contributed by atoms with Crippen LogP contribution in [0.4, 0.5) is 0 Å². The quantitative estimate of drug-likeness (QED) is 0.0243. The molecule has 1 amide bonds. The second kappa shape index (κ2) is 64.4. The van der Waals surface area contributed by atoms with Crippen LogP contribution in [0.25, 0.3) is 0 Å². The highest BCUT2D eigenvalue weighted by atomic mass is 31.2. The van der Waals surface area contributed by atoms with Gasteiger partial charge in [-0.3, -0.25) is 13.8 Å². The van der Waals surface area contributed by atoms with Gasteiger partial charge in [0.25, 0.3) is 0 Å². The van der Waals surface area contributed by atoms with E-state index in [-0.39, 0.29) is 19.1 Å². The second-order valence-electron chi connectivity index (χ2n) is 24.5. The Kier molecular flexibility index (Phi) is 62.0. The first-order valence-electron chi connectivity index (χ1n) is 34.9. The van der Waals surface area contributed by atoms with Crippen molar-refractivity contribution in [2.45, 2.75) is 309 Å². The number of hydrogen-bond acceptors (Lipinski definition) is 5. The first-order valence-corrected chi connectivity index (χ1v) is 36.4. The van der Waals surface area contributed by atoms with Gasteiger partial charge in [-0.1, -0.05) is 309 Å². The van der Waals surface area contributed by atoms with E-state index in [1.165, 1.54) is 186 Å². The molecule has 0 aliphatic rings. The Labute approximate surface area is 520 Å². The van der Waals surface area contributed by atoms with Gasteiger partial charge in [-0.25, -0.2) is 4.57 Å². The van der Waals surface area contributed by atoms with Gasteiger partial charge < -0.3 is 19.8 Å². The van der Waals surface area contributed by atoms with Crippen molar-refractivity contribution in [2.75, 3.05) is 40.9 Å². The number of nitrogens with one attached hydrogen (secondary N) is 1. The minimum absolute atomic E-state index is 0.0505. The Bertz CT molecular complexity index is 1780. The Balaban J connectivity index is 4.04. The fourth-order valence-corrected chi connectivity index (χ4v) is 10.5. The minimum atomic E-state index is -4.37. The smallest absolute Gasteiger partial charge is 0.387 e. The van der Waals surface area contributed by atoms with Gasteiger partial charge in [-0.05, 0) is 103 Å². The van der Waals surface area contributed by atoms with Gasteiger partial charge in [0.15, 0.2) is 0 Å². The molecule has 84 heavy (non-hydrogen) atoms. The summed E-state index contributed by atoms with van der Waals surface area (Å²) in [7, 11) is 1.54. The molecule has 0 bridgehead atoms. The van der Waals surface area contributed by atoms with E-state index in [1.807, 2.05) is 27.2 Å². The van der Waals surface area contributed by atoms with Crippen LogP contribution >= 0.6 is 7.82 Å². The summed E-state index contributed by atoms with van der Waals surface area (Å²) in [5.74, 6) is -0.190. The predicted molar refractivity (Wildman–Crippen MR) is 368 cm³/mol. The molecular weight excluding hydrogens is 1060 g/mol. The molecule has 3 N–H and O–H groups in total. The van der Waals surface area contributed by atoms with E-state index in [9.17, 15) is 19.4 Å². The summed E-state index contributed by atoms with van der Waals surface area (Å²) in [5.41, 5.74) is 0. The highest BCUT2D eigenvalue weighted by molar-refractivity contribution is 7.47. The average Bonchev–Trinajstić information content (AvgIpc) is 3.56. The number of amides is 1. The van der Waals surface area contributed by atoms with E-state index in [0.717, 1.165) is 89.9 Å². The van der Waals surface area contributed by atoms with Crippen LogP contribution in [0, 0.1) is 0 Å². The largest absolute Gasteiger partial charge is 0.472 e. The van der Waals surface area contributed by atoms with E-state index in [2.05, 4.69) is 129 Å². The maximum absolute atomic E-state index is 13.0. The topological polar surface area (TPSA) is 105 Å². The van der Waals surface area contributed by atoms with Crippen LogP contribution in [-0.4, -0.2) is 73.4 Å². The van der Waals surface area contributed by atoms with Gasteiger partial charge in [-0.2, -0.15) is 0 Å². The molecule has 0 aromatic heterocycles. The molecule has 3 atom stereocenters. The molecule has 0 fully saturated rings. The number of aliphatic hydroxyl groups excluding tert-OH is 1. The molecule has 0 radical (unpaired) electrons. The zero-order valence-electron chi connectivity index (χ0n) is 55.4. The first-order chi connectivity index (χ1) is 41.0. The highest BCUT2D eigenvalue weighted by Crippen LogP contribution is 2.43. The van der Waals surface area contributed by atoms with Gasteiger partial charge in [0.1, 0.15) is 13.2 Å². The van der Waals surface area contributed by atoms with Gasteiger partial charge in [-0.15, -0.1) is 0 Å². The molecule has 484 valence electrons. The Morgan fingerprint density at radius 2 is 0.726 bits per heavy atom. The number of nitrogens with zero attached hydrogens (tertiary/aromatic N) is 1. The normalized spacial score (nSPS) is 14.4. The fourth-order valence-electron chi connectivity index (χ4n) is 9.76. The summed E-state index contributed by atoms with van der Waals surface area (Å²) < 4.78 is 23.8. The highest BCUT2D eigenvalue weighted by Gasteiger charge is 2.28. The number of quaternary nitrogens is 1. The van der Waals surface area contributed by atoms with Crippen LogP contribution in [-0.2, 0) is 18.4 Å². The molecule has 0 heterocycles. The Morgan fingerprint density at radius 3 is 1.10 bits per heavy atom. The molecule has 0 aliphatic heterocycles. The maximum Gasteiger partial charge on any atom is 0.472 e. The monoisotopic (exact) mass is 1190 g/mol. The van der Waals surface area contributed by atoms with Gasteiger partial charge in [0.05, 0.1) is 39.9 Å². The minimum Gasteiger partial charge on any atom is -0.387 e. The number of hydrogen-bond donors (Lipinski definition) is 3. The van der Waals surface area contributed by atoms with E-state index in [4.69, 9.17) is 9.05 Å². The van der Waals surface area contributed by atoms with Crippen LogP contribution < -0.4 is 5.32 Å². The third kappa shape index (κ3) is 66.4. The number of likely N-dealkylation sites (N-methyl/N-ethyl adjacent to an activating group) is 1. The summed E-state index contributed by atoms with van der Waals surface area (Å²) in [5, 5.41) is 14.0. The summed E-state index contributed by atoms with van der Waals surface area (Å²) in [6.45, 7) is 4.69. The zero-order valence-corrected chi connectivity index (χ0v) is 56.3. The van der Waals surface area contributed by atoms with E-state index < -0.39 is 20.0 Å². The van der Waals surface area contributed by atoms with Crippen LogP contribution in [0.1, 0.15) is 296 Å². The molecule has 8 nitrogen and oxygen atoms in total. The van der Waals surface area contributed by atoms with Crippen LogP contribution in [0.15, 0.2) is 122 Å². The van der Waals surface area contributed by atoms with Crippen LogP contribution in [0.2, 0.25) is 0 Å². The molecule has 0 saturated heterocycles. The Hall–Kier alpha value is -3.10. The molecule has 0 aromatic carbocycles. The van der Waals surface area contributed by atoms with Gasteiger partial charge in [0, 0.05) is 6.42 Å². The number of rotatable bonds is 63. The van der Waals surface area contributed by atoms with Crippen molar-refractivity contribution in [3.8, 4) is 0 Å². The first kappa shape index (κ1) is 80.9. The summed E-state index contributed by atoms with van der Waals surface area (Å²) in [4.78, 5) is 23.4. The maximum atomic E-state index is 13.0. The number of allylic oxidation sites excluding steroid dienone is 19. The summed E-state index contributed by atoms with van der Waals surface area (Å²) in [6, 6.07) is -0.876. The van der Waals surface area contributed by atoms with E-state index >= 15 is 0 Å². The second-order valence-corrected chi connectivity index (χ2v) is 26.0. The lowest BCUT2D eigenvalue weighted by molar-refractivity contribution is -0.870. The average molecular weight is 1190 g/mol.